The number of aliphatic carboxylic acids is 1. The van der Waals surface area contributed by atoms with Gasteiger partial charge in [0.2, 0.25) is 11.6 Å². The second kappa shape index (κ2) is 14.0. The van der Waals surface area contributed by atoms with E-state index in [0.29, 0.717) is 32.2 Å². The second-order valence-electron chi connectivity index (χ2n) is 11.7. The van der Waals surface area contributed by atoms with Crippen LogP contribution in [0.3, 0.4) is 0 Å². The maximum atomic E-state index is 14.4. The van der Waals surface area contributed by atoms with Gasteiger partial charge in [0.05, 0.1) is 6.54 Å². The number of urea groups is 2. The third-order valence-corrected chi connectivity index (χ3v) is 8.00. The summed E-state index contributed by atoms with van der Waals surface area (Å²) in [5, 5.41) is 9.05. The molecular formula is C28H45N5O8. The van der Waals surface area contributed by atoms with Crippen molar-refractivity contribution in [3.63, 3.8) is 0 Å². The number of Topliss-reactive ketones (excluding diaryl/α,β-unsaturated/α-hetero) is 3. The molecule has 2 heterocycles. The van der Waals surface area contributed by atoms with Gasteiger partial charge < -0.3 is 25.5 Å². The van der Waals surface area contributed by atoms with Gasteiger partial charge in [-0.05, 0) is 38.0 Å². The van der Waals surface area contributed by atoms with Crippen molar-refractivity contribution >= 4 is 41.3 Å². The summed E-state index contributed by atoms with van der Waals surface area (Å²) in [6, 6.07) is -3.18. The van der Waals surface area contributed by atoms with Gasteiger partial charge in [0.25, 0.3) is 5.91 Å². The summed E-state index contributed by atoms with van der Waals surface area (Å²) in [5.41, 5.74) is 4.26. The summed E-state index contributed by atoms with van der Waals surface area (Å²) in [4.78, 5) is 96.6. The zero-order valence-electron chi connectivity index (χ0n) is 25.1. The molecule has 0 aliphatic carbocycles. The number of imide groups is 1. The van der Waals surface area contributed by atoms with Crippen molar-refractivity contribution in [1.29, 1.82) is 0 Å². The van der Waals surface area contributed by atoms with Gasteiger partial charge in [-0.1, -0.05) is 41.0 Å². The third kappa shape index (κ3) is 7.30. The molecule has 2 aliphatic rings. The Morgan fingerprint density at radius 3 is 2.07 bits per heavy atom. The predicted molar refractivity (Wildman–Crippen MR) is 149 cm³/mol. The number of carbonyl (C=O) groups is 7. The Balaban J connectivity index is 2.52. The van der Waals surface area contributed by atoms with Crippen LogP contribution in [0.1, 0.15) is 73.6 Å². The van der Waals surface area contributed by atoms with Crippen LogP contribution in [-0.2, 0) is 24.0 Å². The molecule has 3 atom stereocenters. The maximum absolute atomic E-state index is 14.4. The number of rotatable bonds is 14. The van der Waals surface area contributed by atoms with Gasteiger partial charge in [0.1, 0.15) is 12.6 Å². The van der Waals surface area contributed by atoms with Crippen LogP contribution >= 0.6 is 0 Å². The van der Waals surface area contributed by atoms with Crippen LogP contribution in [0.15, 0.2) is 0 Å². The predicted octanol–water partition coefficient (Wildman–Crippen LogP) is 1.52. The van der Waals surface area contributed by atoms with Crippen molar-refractivity contribution in [2.75, 3.05) is 32.7 Å². The molecule has 2 fully saturated rings. The van der Waals surface area contributed by atoms with E-state index in [-0.39, 0.29) is 25.6 Å². The number of amides is 5. The van der Waals surface area contributed by atoms with Gasteiger partial charge in [0, 0.05) is 32.1 Å². The van der Waals surface area contributed by atoms with E-state index in [1.807, 2.05) is 13.8 Å². The highest BCUT2D eigenvalue weighted by Gasteiger charge is 2.54. The summed E-state index contributed by atoms with van der Waals surface area (Å²) >= 11 is 0. The first-order chi connectivity index (χ1) is 19.1. The molecule has 0 unspecified atom stereocenters. The van der Waals surface area contributed by atoms with Gasteiger partial charge in [-0.3, -0.25) is 28.9 Å². The Kier molecular flexibility index (Phi) is 11.6. The van der Waals surface area contributed by atoms with Crippen LogP contribution in [0.4, 0.5) is 9.59 Å². The average Bonchev–Trinajstić information content (AvgIpc) is 3.48. The zero-order chi connectivity index (χ0) is 31.2. The Hall–Kier alpha value is -3.35. The van der Waals surface area contributed by atoms with Gasteiger partial charge >= 0.3 is 18.0 Å². The number of carbonyl (C=O) groups excluding carboxylic acids is 6. The zero-order valence-corrected chi connectivity index (χ0v) is 25.1. The van der Waals surface area contributed by atoms with Crippen molar-refractivity contribution in [2.45, 2.75) is 91.3 Å². The second-order valence-corrected chi connectivity index (χ2v) is 11.7. The highest BCUT2D eigenvalue weighted by atomic mass is 16.4. The fraction of sp³-hybridized carbons (Fsp3) is 0.750. The number of nitrogens with two attached hydrogens (primary N) is 1. The SMILES string of the molecule is CCCCC(=O)C(=O)[C@H](C(C)C)N(C(=O)N1CCC[C@H]1C)C(=O)[C@](N)(C(=O)CN1CCN(CC(=O)O)C1=O)C(C)C. The number of ketones is 3. The topological polar surface area (TPSA) is 179 Å². The first-order valence-electron chi connectivity index (χ1n) is 14.4. The van der Waals surface area contributed by atoms with Gasteiger partial charge in [-0.15, -0.1) is 0 Å². The molecule has 0 bridgehead atoms. The number of likely N-dealkylation sites (tertiary alicyclic amines) is 1. The molecule has 230 valence electrons. The quantitative estimate of drug-likeness (QED) is 0.228. The summed E-state index contributed by atoms with van der Waals surface area (Å²) in [5.74, 6) is -6.28. The highest BCUT2D eigenvalue weighted by molar-refractivity contribution is 6.40. The molecule has 0 aromatic carbocycles. The standard InChI is InChI=1S/C28H45N5O8/c1-7-8-11-20(34)24(38)23(17(2)3)33(27(41)32-12-9-10-19(32)6)25(39)28(29,18(4)5)21(35)15-30-13-14-31(26(30)40)16-22(36)37/h17-19,23H,7-16,29H2,1-6H3,(H,36,37)/t19-,23+,28-/m1/s1. The largest absolute Gasteiger partial charge is 0.480 e. The minimum atomic E-state index is -2.32. The summed E-state index contributed by atoms with van der Waals surface area (Å²) < 4.78 is 0. The summed E-state index contributed by atoms with van der Waals surface area (Å²) in [6.07, 6.45) is 2.48. The van der Waals surface area contributed by atoms with Crippen LogP contribution < -0.4 is 5.73 Å². The van der Waals surface area contributed by atoms with Crippen molar-refractivity contribution in [3.05, 3.63) is 0 Å². The monoisotopic (exact) mass is 579 g/mol. The van der Waals surface area contributed by atoms with Crippen molar-refractivity contribution < 1.29 is 38.7 Å². The molecule has 41 heavy (non-hydrogen) atoms. The van der Waals surface area contributed by atoms with E-state index in [2.05, 4.69) is 0 Å². The molecule has 0 aromatic rings. The van der Waals surface area contributed by atoms with Crippen LogP contribution in [0.2, 0.25) is 0 Å². The lowest BCUT2D eigenvalue weighted by Crippen LogP contribution is -2.70. The van der Waals surface area contributed by atoms with Crippen LogP contribution in [0.5, 0.6) is 0 Å². The molecule has 5 amide bonds. The van der Waals surface area contributed by atoms with Gasteiger partial charge in [0.15, 0.2) is 11.3 Å². The highest BCUT2D eigenvalue weighted by Crippen LogP contribution is 2.28. The van der Waals surface area contributed by atoms with Gasteiger partial charge in [-0.2, -0.15) is 0 Å². The summed E-state index contributed by atoms with van der Waals surface area (Å²) in [6.45, 7) is 9.30. The first-order valence-corrected chi connectivity index (χ1v) is 14.4. The van der Waals surface area contributed by atoms with E-state index in [9.17, 15) is 33.6 Å². The van der Waals surface area contributed by atoms with Gasteiger partial charge in [-0.25, -0.2) is 9.59 Å². The Bertz CT molecular complexity index is 1060. The molecule has 3 N–H and O–H groups in total. The maximum Gasteiger partial charge on any atom is 0.327 e. The van der Waals surface area contributed by atoms with E-state index in [0.717, 1.165) is 14.7 Å². The number of carboxylic acids is 1. The van der Waals surface area contributed by atoms with E-state index in [4.69, 9.17) is 10.8 Å². The van der Waals surface area contributed by atoms with Crippen LogP contribution in [0.25, 0.3) is 0 Å². The number of unbranched alkanes of at least 4 members (excludes halogenated alkanes) is 1. The molecule has 13 nitrogen and oxygen atoms in total. The lowest BCUT2D eigenvalue weighted by atomic mass is 9.80. The number of hydrogen-bond donors (Lipinski definition) is 2. The Labute approximate surface area is 241 Å². The van der Waals surface area contributed by atoms with Crippen molar-refractivity contribution in [2.24, 2.45) is 17.6 Å². The first kappa shape index (κ1) is 33.9. The fourth-order valence-corrected chi connectivity index (χ4v) is 5.31. The normalized spacial score (nSPS) is 19.5. The Morgan fingerprint density at radius 1 is 1.02 bits per heavy atom. The molecule has 0 aromatic heterocycles. The fourth-order valence-electron chi connectivity index (χ4n) is 5.31. The third-order valence-electron chi connectivity index (χ3n) is 8.00. The van der Waals surface area contributed by atoms with E-state index >= 15 is 0 Å². The summed E-state index contributed by atoms with van der Waals surface area (Å²) in [7, 11) is 0. The Morgan fingerprint density at radius 2 is 1.61 bits per heavy atom. The van der Waals surface area contributed by atoms with E-state index in [1.54, 1.807) is 13.8 Å². The number of nitrogens with zero attached hydrogens (tertiary/aromatic N) is 4. The molecule has 2 rings (SSSR count). The van der Waals surface area contributed by atoms with Crippen molar-refractivity contribution in [1.82, 2.24) is 19.6 Å². The lowest BCUT2D eigenvalue weighted by molar-refractivity contribution is -0.150. The van der Waals surface area contributed by atoms with E-state index in [1.165, 1.54) is 18.7 Å². The molecule has 13 heteroatoms. The van der Waals surface area contributed by atoms with Crippen molar-refractivity contribution in [3.8, 4) is 0 Å². The van der Waals surface area contributed by atoms with Crippen LogP contribution in [0, 0.1) is 11.8 Å². The number of hydrogen-bond acceptors (Lipinski definition) is 8. The minimum absolute atomic E-state index is 0.0321. The minimum Gasteiger partial charge on any atom is -0.480 e. The molecule has 0 radical (unpaired) electrons. The molecule has 0 spiro atoms. The average molecular weight is 580 g/mol. The number of carboxylic acid groups (broad SMARTS) is 1. The van der Waals surface area contributed by atoms with E-state index < -0.39 is 77.8 Å². The van der Waals surface area contributed by atoms with Crippen LogP contribution in [-0.4, -0.2) is 116 Å². The smallest absolute Gasteiger partial charge is 0.327 e. The molecule has 2 saturated heterocycles. The molecule has 0 saturated carbocycles. The molecular weight excluding hydrogens is 534 g/mol. The lowest BCUT2D eigenvalue weighted by Gasteiger charge is -2.41. The molecule has 2 aliphatic heterocycles.